The van der Waals surface area contributed by atoms with Crippen molar-refractivity contribution in [3.05, 3.63) is 59.9 Å². The molecule has 0 aliphatic heterocycles. The number of benzene rings is 1. The minimum Gasteiger partial charge on any atom is -0.478 e. The molecular weight excluding hydrogens is 242 g/mol. The van der Waals surface area contributed by atoms with Crippen molar-refractivity contribution in [3.8, 4) is 0 Å². The Balaban J connectivity index is 2.08. The van der Waals surface area contributed by atoms with Gasteiger partial charge in [-0.15, -0.1) is 0 Å². The van der Waals surface area contributed by atoms with Gasteiger partial charge in [0.05, 0.1) is 17.0 Å². The molecule has 96 valence electrons. The van der Waals surface area contributed by atoms with Gasteiger partial charge >= 0.3 is 5.97 Å². The van der Waals surface area contributed by atoms with Crippen molar-refractivity contribution in [2.75, 3.05) is 5.43 Å². The largest absolute Gasteiger partial charge is 0.478 e. The van der Waals surface area contributed by atoms with Crippen LogP contribution in [0.3, 0.4) is 0 Å². The highest BCUT2D eigenvalue weighted by Gasteiger charge is 2.01. The fourth-order valence-electron chi connectivity index (χ4n) is 1.49. The van der Waals surface area contributed by atoms with Crippen LogP contribution in [-0.2, 0) is 0 Å². The molecule has 0 amide bonds. The standard InChI is InChI=1S/C14H13N3O2/c1-10(11-6-8-15-9-7-11)16-17-13-4-2-12(3-5-13)14(18)19/h2-9,17H,1H3,(H,18,19). The maximum Gasteiger partial charge on any atom is 0.335 e. The second kappa shape index (κ2) is 5.77. The van der Waals surface area contributed by atoms with Crippen molar-refractivity contribution >= 4 is 17.4 Å². The Bertz CT molecular complexity index is 592. The Hall–Kier alpha value is -2.69. The highest BCUT2D eigenvalue weighted by Crippen LogP contribution is 2.10. The van der Waals surface area contributed by atoms with Crippen molar-refractivity contribution in [1.29, 1.82) is 0 Å². The lowest BCUT2D eigenvalue weighted by Gasteiger charge is -2.03. The zero-order chi connectivity index (χ0) is 13.7. The summed E-state index contributed by atoms with van der Waals surface area (Å²) in [6, 6.07) is 10.1. The summed E-state index contributed by atoms with van der Waals surface area (Å²) in [5.74, 6) is -0.942. The first kappa shape index (κ1) is 12.8. The normalized spacial score (nSPS) is 11.1. The molecule has 0 saturated carbocycles. The van der Waals surface area contributed by atoms with Gasteiger partial charge < -0.3 is 5.11 Å². The number of carboxylic acids is 1. The molecule has 19 heavy (non-hydrogen) atoms. The van der Waals surface area contributed by atoms with E-state index in [-0.39, 0.29) is 5.56 Å². The number of aromatic carboxylic acids is 1. The molecule has 5 nitrogen and oxygen atoms in total. The molecule has 0 atom stereocenters. The number of nitrogens with one attached hydrogen (secondary N) is 1. The van der Waals surface area contributed by atoms with Gasteiger partial charge in [-0.3, -0.25) is 10.4 Å². The molecule has 0 radical (unpaired) electrons. The molecule has 0 bridgehead atoms. The van der Waals surface area contributed by atoms with Crippen LogP contribution in [0.15, 0.2) is 53.9 Å². The summed E-state index contributed by atoms with van der Waals surface area (Å²) in [4.78, 5) is 14.7. The SMILES string of the molecule is CC(=NNc1ccc(C(=O)O)cc1)c1ccncc1. The highest BCUT2D eigenvalue weighted by molar-refractivity contribution is 5.98. The lowest BCUT2D eigenvalue weighted by Crippen LogP contribution is -2.00. The monoisotopic (exact) mass is 255 g/mol. The fourth-order valence-corrected chi connectivity index (χ4v) is 1.49. The summed E-state index contributed by atoms with van der Waals surface area (Å²) in [5, 5.41) is 13.0. The Morgan fingerprint density at radius 3 is 2.32 bits per heavy atom. The number of aromatic nitrogens is 1. The lowest BCUT2D eigenvalue weighted by atomic mass is 10.2. The van der Waals surface area contributed by atoms with Crippen molar-refractivity contribution in [2.24, 2.45) is 5.10 Å². The molecule has 0 aliphatic rings. The van der Waals surface area contributed by atoms with Crippen molar-refractivity contribution in [1.82, 2.24) is 4.98 Å². The van der Waals surface area contributed by atoms with E-state index in [1.807, 2.05) is 19.1 Å². The molecule has 2 rings (SSSR count). The van der Waals surface area contributed by atoms with Crippen LogP contribution in [0.25, 0.3) is 0 Å². The van der Waals surface area contributed by atoms with E-state index in [0.717, 1.165) is 17.0 Å². The van der Waals surface area contributed by atoms with Gasteiger partial charge in [0.25, 0.3) is 0 Å². The van der Waals surface area contributed by atoms with Gasteiger partial charge in [0.1, 0.15) is 0 Å². The number of hydrazone groups is 1. The van der Waals surface area contributed by atoms with Crippen LogP contribution >= 0.6 is 0 Å². The predicted molar refractivity (Wildman–Crippen MR) is 73.5 cm³/mol. The van der Waals surface area contributed by atoms with E-state index in [1.54, 1.807) is 24.5 Å². The van der Waals surface area contributed by atoms with Crippen molar-refractivity contribution in [3.63, 3.8) is 0 Å². The zero-order valence-corrected chi connectivity index (χ0v) is 10.4. The van der Waals surface area contributed by atoms with Gasteiger partial charge in [-0.1, -0.05) is 0 Å². The summed E-state index contributed by atoms with van der Waals surface area (Å²) in [5.41, 5.74) is 5.67. The highest BCUT2D eigenvalue weighted by atomic mass is 16.4. The van der Waals surface area contributed by atoms with Gasteiger partial charge in [0.2, 0.25) is 0 Å². The van der Waals surface area contributed by atoms with E-state index in [9.17, 15) is 4.79 Å². The molecule has 0 spiro atoms. The number of pyridine rings is 1. The number of anilines is 1. The molecule has 1 aromatic carbocycles. The van der Waals surface area contributed by atoms with Crippen molar-refractivity contribution in [2.45, 2.75) is 6.92 Å². The minimum atomic E-state index is -0.942. The maximum absolute atomic E-state index is 10.7. The summed E-state index contributed by atoms with van der Waals surface area (Å²) < 4.78 is 0. The third-order valence-electron chi connectivity index (χ3n) is 2.58. The molecule has 0 fully saturated rings. The predicted octanol–water partition coefficient (Wildman–Crippen LogP) is 2.62. The van der Waals surface area contributed by atoms with Crippen LogP contribution in [0.2, 0.25) is 0 Å². The quantitative estimate of drug-likeness (QED) is 0.650. The maximum atomic E-state index is 10.7. The smallest absolute Gasteiger partial charge is 0.335 e. The molecule has 0 unspecified atom stereocenters. The molecular formula is C14H13N3O2. The first-order chi connectivity index (χ1) is 9.16. The molecule has 0 aliphatic carbocycles. The third-order valence-corrected chi connectivity index (χ3v) is 2.58. The van der Waals surface area contributed by atoms with Crippen LogP contribution in [0, 0.1) is 0 Å². The molecule has 1 aromatic heterocycles. The van der Waals surface area contributed by atoms with Crippen LogP contribution < -0.4 is 5.43 Å². The number of rotatable bonds is 4. The van der Waals surface area contributed by atoms with E-state index in [4.69, 9.17) is 5.11 Å². The van der Waals surface area contributed by atoms with Crippen LogP contribution in [-0.4, -0.2) is 21.8 Å². The van der Waals surface area contributed by atoms with Gasteiger partial charge in [0.15, 0.2) is 0 Å². The summed E-state index contributed by atoms with van der Waals surface area (Å²) in [6.45, 7) is 1.88. The summed E-state index contributed by atoms with van der Waals surface area (Å²) in [7, 11) is 0. The Morgan fingerprint density at radius 2 is 1.74 bits per heavy atom. The first-order valence-electron chi connectivity index (χ1n) is 5.71. The average Bonchev–Trinajstić information content (AvgIpc) is 2.46. The van der Waals surface area contributed by atoms with Gasteiger partial charge in [-0.2, -0.15) is 5.10 Å². The van der Waals surface area contributed by atoms with Crippen LogP contribution in [0.5, 0.6) is 0 Å². The van der Waals surface area contributed by atoms with Crippen LogP contribution in [0.1, 0.15) is 22.8 Å². The number of nitrogens with zero attached hydrogens (tertiary/aromatic N) is 2. The number of carbonyl (C=O) groups is 1. The zero-order valence-electron chi connectivity index (χ0n) is 10.4. The van der Waals surface area contributed by atoms with Gasteiger partial charge in [0, 0.05) is 18.0 Å². The first-order valence-corrected chi connectivity index (χ1v) is 5.71. The van der Waals surface area contributed by atoms with E-state index in [1.165, 1.54) is 12.1 Å². The van der Waals surface area contributed by atoms with Gasteiger partial charge in [-0.05, 0) is 43.3 Å². The molecule has 1 heterocycles. The second-order valence-electron chi connectivity index (χ2n) is 3.93. The second-order valence-corrected chi connectivity index (χ2v) is 3.93. The van der Waals surface area contributed by atoms with E-state index in [0.29, 0.717) is 0 Å². The van der Waals surface area contributed by atoms with E-state index in [2.05, 4.69) is 15.5 Å². The molecule has 2 aromatic rings. The average molecular weight is 255 g/mol. The molecule has 0 saturated heterocycles. The lowest BCUT2D eigenvalue weighted by molar-refractivity contribution is 0.0697. The molecule has 2 N–H and O–H groups in total. The third kappa shape index (κ3) is 3.38. The number of hydrogen-bond acceptors (Lipinski definition) is 4. The van der Waals surface area contributed by atoms with E-state index < -0.39 is 5.97 Å². The summed E-state index contributed by atoms with van der Waals surface area (Å²) >= 11 is 0. The number of carboxylic acid groups (broad SMARTS) is 1. The summed E-state index contributed by atoms with van der Waals surface area (Å²) in [6.07, 6.45) is 3.41. The molecule has 5 heteroatoms. The minimum absolute atomic E-state index is 0.250. The fraction of sp³-hybridized carbons (Fsp3) is 0.0714. The Labute approximate surface area is 110 Å². The number of hydrogen-bond donors (Lipinski definition) is 2. The van der Waals surface area contributed by atoms with Crippen molar-refractivity contribution < 1.29 is 9.90 Å². The topological polar surface area (TPSA) is 74.6 Å². The Kier molecular flexibility index (Phi) is 3.87. The van der Waals surface area contributed by atoms with E-state index >= 15 is 0 Å². The van der Waals surface area contributed by atoms with Gasteiger partial charge in [-0.25, -0.2) is 4.79 Å². The Morgan fingerprint density at radius 1 is 1.11 bits per heavy atom. The van der Waals surface area contributed by atoms with Crippen LogP contribution in [0.4, 0.5) is 5.69 Å².